The van der Waals surface area contributed by atoms with Crippen LogP contribution >= 0.6 is 0 Å². The van der Waals surface area contributed by atoms with Crippen LogP contribution in [0.4, 0.5) is 17.6 Å². The van der Waals surface area contributed by atoms with E-state index in [2.05, 4.69) is 0 Å². The van der Waals surface area contributed by atoms with Gasteiger partial charge in [0, 0.05) is 0 Å². The fourth-order valence-electron chi connectivity index (χ4n) is 1.47. The number of hydrogen-bond acceptors (Lipinski definition) is 4. The molecule has 1 rings (SSSR count). The predicted molar refractivity (Wildman–Crippen MR) is 74.1 cm³/mol. The molecule has 0 radical (unpaired) electrons. The quantitative estimate of drug-likeness (QED) is 0.553. The van der Waals surface area contributed by atoms with E-state index in [0.717, 1.165) is 6.07 Å². The summed E-state index contributed by atoms with van der Waals surface area (Å²) in [7, 11) is 0. The standard InChI is InChI=1S/C14H16F4N2O4/c1-8(24-10-6-4-3-5-9(10)15)12(22)20-19-11(21)7-13(2,23)14(16,17)18/h3-6,8,23H,7H2,1-2H3,(H,19,21)(H,20,22)/t8-,13-/m0/s1. The van der Waals surface area contributed by atoms with E-state index in [0.29, 0.717) is 6.92 Å². The van der Waals surface area contributed by atoms with E-state index in [4.69, 9.17) is 9.84 Å². The Morgan fingerprint density at radius 3 is 2.38 bits per heavy atom. The zero-order valence-corrected chi connectivity index (χ0v) is 12.8. The summed E-state index contributed by atoms with van der Waals surface area (Å²) in [4.78, 5) is 23.0. The normalized spacial score (nSPS) is 15.1. The summed E-state index contributed by atoms with van der Waals surface area (Å²) >= 11 is 0. The van der Waals surface area contributed by atoms with E-state index in [1.807, 2.05) is 5.43 Å². The molecule has 0 spiro atoms. The van der Waals surface area contributed by atoms with Crippen LogP contribution in [0.1, 0.15) is 20.3 Å². The largest absolute Gasteiger partial charge is 0.478 e. The molecule has 0 aliphatic rings. The van der Waals surface area contributed by atoms with Crippen molar-refractivity contribution in [1.82, 2.24) is 10.9 Å². The number of rotatable bonds is 5. The molecule has 0 saturated heterocycles. The van der Waals surface area contributed by atoms with Gasteiger partial charge in [0.05, 0.1) is 6.42 Å². The third-order valence-electron chi connectivity index (χ3n) is 2.95. The highest BCUT2D eigenvalue weighted by Gasteiger charge is 2.51. The number of hydrogen-bond donors (Lipinski definition) is 3. The molecule has 0 bridgehead atoms. The molecule has 0 aliphatic heterocycles. The molecular weight excluding hydrogens is 336 g/mol. The SMILES string of the molecule is C[C@H](Oc1ccccc1F)C(=O)NNC(=O)C[C@](C)(O)C(F)(F)F. The predicted octanol–water partition coefficient (Wildman–Crippen LogP) is 1.44. The smallest absolute Gasteiger partial charge is 0.417 e. The number of amides is 2. The first-order valence-corrected chi connectivity index (χ1v) is 6.73. The molecule has 1 aromatic rings. The van der Waals surface area contributed by atoms with Gasteiger partial charge in [-0.2, -0.15) is 13.2 Å². The van der Waals surface area contributed by atoms with Gasteiger partial charge in [-0.15, -0.1) is 0 Å². The van der Waals surface area contributed by atoms with Gasteiger partial charge >= 0.3 is 6.18 Å². The Morgan fingerprint density at radius 2 is 1.83 bits per heavy atom. The number of para-hydroxylation sites is 1. The summed E-state index contributed by atoms with van der Waals surface area (Å²) in [6.45, 7) is 1.68. The number of nitrogens with one attached hydrogen (secondary N) is 2. The molecule has 0 aliphatic carbocycles. The number of alkyl halides is 3. The Bertz CT molecular complexity index is 605. The summed E-state index contributed by atoms with van der Waals surface area (Å²) in [5.41, 5.74) is 0.312. The van der Waals surface area contributed by atoms with E-state index in [-0.39, 0.29) is 5.75 Å². The molecule has 10 heteroatoms. The minimum absolute atomic E-state index is 0.202. The van der Waals surface area contributed by atoms with Crippen LogP contribution in [0, 0.1) is 5.82 Å². The van der Waals surface area contributed by atoms with E-state index in [9.17, 15) is 27.2 Å². The second-order valence-corrected chi connectivity index (χ2v) is 5.18. The third kappa shape index (κ3) is 5.37. The van der Waals surface area contributed by atoms with Gasteiger partial charge in [-0.05, 0) is 26.0 Å². The Kier molecular flexibility index (Phi) is 6.13. The molecule has 0 heterocycles. The summed E-state index contributed by atoms with van der Waals surface area (Å²) in [6, 6.07) is 5.28. The summed E-state index contributed by atoms with van der Waals surface area (Å²) in [5, 5.41) is 9.16. The van der Waals surface area contributed by atoms with E-state index < -0.39 is 41.9 Å². The number of hydrazine groups is 1. The lowest BCUT2D eigenvalue weighted by Crippen LogP contribution is -2.51. The Hall–Kier alpha value is -2.36. The second kappa shape index (κ2) is 7.47. The van der Waals surface area contributed by atoms with E-state index in [1.165, 1.54) is 25.1 Å². The van der Waals surface area contributed by atoms with E-state index >= 15 is 0 Å². The van der Waals surface area contributed by atoms with Gasteiger partial charge in [-0.25, -0.2) is 4.39 Å². The van der Waals surface area contributed by atoms with Crippen molar-refractivity contribution in [3.05, 3.63) is 30.1 Å². The maximum atomic E-state index is 13.4. The lowest BCUT2D eigenvalue weighted by Gasteiger charge is -2.25. The summed E-state index contributed by atoms with van der Waals surface area (Å²) in [6.07, 6.45) is -7.54. The average molecular weight is 352 g/mol. The molecule has 2 amide bonds. The summed E-state index contributed by atoms with van der Waals surface area (Å²) in [5.74, 6) is -3.09. The second-order valence-electron chi connectivity index (χ2n) is 5.18. The molecular formula is C14H16F4N2O4. The maximum Gasteiger partial charge on any atom is 0.417 e. The Morgan fingerprint density at radius 1 is 1.25 bits per heavy atom. The number of benzene rings is 1. The minimum atomic E-state index is -5.00. The molecule has 0 unspecified atom stereocenters. The molecule has 0 fully saturated rings. The van der Waals surface area contributed by atoms with Gasteiger partial charge in [0.15, 0.2) is 23.3 Å². The van der Waals surface area contributed by atoms with Gasteiger partial charge in [0.1, 0.15) is 0 Å². The van der Waals surface area contributed by atoms with Crippen LogP contribution in [0.2, 0.25) is 0 Å². The molecule has 2 atom stereocenters. The lowest BCUT2D eigenvalue weighted by atomic mass is 10.0. The zero-order valence-electron chi connectivity index (χ0n) is 12.8. The molecule has 24 heavy (non-hydrogen) atoms. The van der Waals surface area contributed by atoms with Crippen molar-refractivity contribution in [2.24, 2.45) is 0 Å². The third-order valence-corrected chi connectivity index (χ3v) is 2.95. The Balaban J connectivity index is 2.51. The van der Waals surface area contributed by atoms with Crippen LogP contribution in [0.15, 0.2) is 24.3 Å². The topological polar surface area (TPSA) is 87.7 Å². The Labute approximate surface area is 134 Å². The fourth-order valence-corrected chi connectivity index (χ4v) is 1.47. The van der Waals surface area contributed by atoms with Gasteiger partial charge in [-0.1, -0.05) is 12.1 Å². The van der Waals surface area contributed by atoms with E-state index in [1.54, 1.807) is 5.43 Å². The highest BCUT2D eigenvalue weighted by Crippen LogP contribution is 2.32. The van der Waals surface area contributed by atoms with Gasteiger partial charge < -0.3 is 9.84 Å². The monoisotopic (exact) mass is 352 g/mol. The van der Waals surface area contributed by atoms with Crippen molar-refractivity contribution >= 4 is 11.8 Å². The minimum Gasteiger partial charge on any atom is -0.478 e. The first-order valence-electron chi connectivity index (χ1n) is 6.73. The first-order chi connectivity index (χ1) is 10.9. The highest BCUT2D eigenvalue weighted by molar-refractivity contribution is 5.84. The first kappa shape index (κ1) is 19.7. The van der Waals surface area contributed by atoms with Crippen LogP contribution in [0.5, 0.6) is 5.75 Å². The average Bonchev–Trinajstić information content (AvgIpc) is 2.45. The number of carbonyl (C=O) groups is 2. The fraction of sp³-hybridized carbons (Fsp3) is 0.429. The molecule has 0 aromatic heterocycles. The van der Waals surface area contributed by atoms with Crippen molar-refractivity contribution in [3.8, 4) is 5.75 Å². The number of ether oxygens (including phenoxy) is 1. The van der Waals surface area contributed by atoms with Crippen molar-refractivity contribution < 1.29 is 37.0 Å². The molecule has 1 aromatic carbocycles. The number of carbonyl (C=O) groups excluding carboxylic acids is 2. The molecule has 3 N–H and O–H groups in total. The molecule has 0 saturated carbocycles. The van der Waals surface area contributed by atoms with Gasteiger partial charge in [0.25, 0.3) is 5.91 Å². The van der Waals surface area contributed by atoms with Crippen molar-refractivity contribution in [1.29, 1.82) is 0 Å². The maximum absolute atomic E-state index is 13.4. The van der Waals surface area contributed by atoms with Crippen molar-refractivity contribution in [3.63, 3.8) is 0 Å². The van der Waals surface area contributed by atoms with Crippen molar-refractivity contribution in [2.45, 2.75) is 38.1 Å². The molecule has 6 nitrogen and oxygen atoms in total. The molecule has 134 valence electrons. The summed E-state index contributed by atoms with van der Waals surface area (Å²) < 4.78 is 55.7. The lowest BCUT2D eigenvalue weighted by molar-refractivity contribution is -0.253. The van der Waals surface area contributed by atoms with Crippen LogP contribution < -0.4 is 15.6 Å². The zero-order chi connectivity index (χ0) is 18.5. The van der Waals surface area contributed by atoms with Crippen LogP contribution in [0.3, 0.4) is 0 Å². The number of aliphatic hydroxyl groups is 1. The van der Waals surface area contributed by atoms with Gasteiger partial charge in [-0.3, -0.25) is 20.4 Å². The van der Waals surface area contributed by atoms with Gasteiger partial charge in [0.2, 0.25) is 5.91 Å². The van der Waals surface area contributed by atoms with Crippen LogP contribution in [-0.4, -0.2) is 34.8 Å². The van der Waals surface area contributed by atoms with Crippen LogP contribution in [0.25, 0.3) is 0 Å². The number of halogens is 4. The van der Waals surface area contributed by atoms with Crippen LogP contribution in [-0.2, 0) is 9.59 Å². The van der Waals surface area contributed by atoms with Crippen molar-refractivity contribution in [2.75, 3.05) is 0 Å². The highest BCUT2D eigenvalue weighted by atomic mass is 19.4.